The average molecular weight is 421 g/mol. The Balaban J connectivity index is 1.56. The van der Waals surface area contributed by atoms with Crippen molar-refractivity contribution >= 4 is 20.3 Å². The molecule has 3 rings (SSSR count). The monoisotopic (exact) mass is 420 g/mol. The fraction of sp³-hybridized carbons (Fsp3) is 0.429. The normalized spacial score (nSPS) is 17.0. The standard InChI is InChI=1S/C21H26ClN2O3P/c22-20-8-6-19(7-9-20)21(18-4-2-1-3-5-18)24-12-10-23(11-13-24)14-15-26-16-17-27-28-25/h1-9,21H,10-17H2. The zero-order valence-electron chi connectivity index (χ0n) is 15.9. The summed E-state index contributed by atoms with van der Waals surface area (Å²) in [6, 6.07) is 19.1. The smallest absolute Gasteiger partial charge is 0.327 e. The molecule has 0 N–H and O–H groups in total. The van der Waals surface area contributed by atoms with E-state index in [2.05, 4.69) is 52.3 Å². The van der Waals surface area contributed by atoms with Gasteiger partial charge in [0, 0.05) is 37.7 Å². The van der Waals surface area contributed by atoms with Gasteiger partial charge in [-0.3, -0.25) is 14.3 Å². The lowest BCUT2D eigenvalue weighted by molar-refractivity contribution is 0.0571. The Morgan fingerprint density at radius 1 is 0.893 bits per heavy atom. The van der Waals surface area contributed by atoms with Gasteiger partial charge in [0.15, 0.2) is 0 Å². The summed E-state index contributed by atoms with van der Waals surface area (Å²) in [6.07, 6.45) is 0. The van der Waals surface area contributed by atoms with Crippen LogP contribution in [0.2, 0.25) is 5.02 Å². The molecule has 28 heavy (non-hydrogen) atoms. The fourth-order valence-electron chi connectivity index (χ4n) is 3.57. The Bertz CT molecular complexity index is 709. The number of nitrogens with zero attached hydrogens (tertiary/aromatic N) is 2. The molecule has 0 aromatic heterocycles. The van der Waals surface area contributed by atoms with E-state index < -0.39 is 0 Å². The third-order valence-corrected chi connectivity index (χ3v) is 5.54. The predicted octanol–water partition coefficient (Wildman–Crippen LogP) is 4.29. The molecule has 0 saturated carbocycles. The average Bonchev–Trinajstić information content (AvgIpc) is 2.74. The van der Waals surface area contributed by atoms with Crippen LogP contribution in [0.3, 0.4) is 0 Å². The molecule has 0 bridgehead atoms. The van der Waals surface area contributed by atoms with Crippen LogP contribution in [0.4, 0.5) is 0 Å². The van der Waals surface area contributed by atoms with Gasteiger partial charge in [0.05, 0.1) is 25.9 Å². The van der Waals surface area contributed by atoms with Crippen LogP contribution in [-0.4, -0.2) is 62.3 Å². The van der Waals surface area contributed by atoms with Crippen LogP contribution in [0.15, 0.2) is 54.6 Å². The zero-order chi connectivity index (χ0) is 19.6. The highest BCUT2D eigenvalue weighted by atomic mass is 35.5. The number of ether oxygens (including phenoxy) is 1. The van der Waals surface area contributed by atoms with Gasteiger partial charge in [-0.05, 0) is 23.3 Å². The van der Waals surface area contributed by atoms with E-state index in [9.17, 15) is 4.57 Å². The maximum Gasteiger partial charge on any atom is 0.327 e. The molecule has 1 fully saturated rings. The molecule has 1 atom stereocenters. The van der Waals surface area contributed by atoms with Crippen molar-refractivity contribution < 1.29 is 13.8 Å². The first kappa shape index (κ1) is 21.4. The quantitative estimate of drug-likeness (QED) is 0.424. The second-order valence-electron chi connectivity index (χ2n) is 6.76. The van der Waals surface area contributed by atoms with Crippen LogP contribution in [0.1, 0.15) is 17.2 Å². The number of halogens is 1. The highest BCUT2D eigenvalue weighted by Crippen LogP contribution is 2.30. The Kier molecular flexibility index (Phi) is 8.87. The van der Waals surface area contributed by atoms with E-state index in [4.69, 9.17) is 20.9 Å². The molecular formula is C21H26ClN2O3P. The van der Waals surface area contributed by atoms with E-state index >= 15 is 0 Å². The van der Waals surface area contributed by atoms with E-state index in [0.717, 1.165) is 37.7 Å². The molecule has 1 unspecified atom stereocenters. The van der Waals surface area contributed by atoms with Gasteiger partial charge in [-0.15, -0.1) is 0 Å². The highest BCUT2D eigenvalue weighted by molar-refractivity contribution is 7.17. The predicted molar refractivity (Wildman–Crippen MR) is 112 cm³/mol. The van der Waals surface area contributed by atoms with Crippen LogP contribution in [0.5, 0.6) is 0 Å². The molecule has 7 heteroatoms. The molecule has 0 aliphatic carbocycles. The summed E-state index contributed by atoms with van der Waals surface area (Å²) >= 11 is 6.10. The highest BCUT2D eigenvalue weighted by Gasteiger charge is 2.26. The summed E-state index contributed by atoms with van der Waals surface area (Å²) in [5.74, 6) is 0. The minimum atomic E-state index is -0.288. The molecule has 0 radical (unpaired) electrons. The van der Waals surface area contributed by atoms with Gasteiger partial charge in [0.25, 0.3) is 0 Å². The molecule has 150 valence electrons. The molecule has 0 amide bonds. The number of rotatable bonds is 10. The molecule has 2 aromatic rings. The lowest BCUT2D eigenvalue weighted by atomic mass is 9.96. The Hall–Kier alpha value is -1.33. The van der Waals surface area contributed by atoms with Crippen LogP contribution < -0.4 is 0 Å². The van der Waals surface area contributed by atoms with Crippen molar-refractivity contribution in [3.63, 3.8) is 0 Å². The minimum Gasteiger partial charge on any atom is -0.378 e. The first-order valence-electron chi connectivity index (χ1n) is 9.57. The van der Waals surface area contributed by atoms with Crippen LogP contribution >= 0.6 is 20.3 Å². The van der Waals surface area contributed by atoms with Crippen molar-refractivity contribution in [2.45, 2.75) is 6.04 Å². The van der Waals surface area contributed by atoms with Gasteiger partial charge in [-0.1, -0.05) is 54.1 Å². The maximum absolute atomic E-state index is 10.2. The largest absolute Gasteiger partial charge is 0.378 e. The van der Waals surface area contributed by atoms with Gasteiger partial charge in [0.1, 0.15) is 0 Å². The number of hydrogen-bond acceptors (Lipinski definition) is 5. The zero-order valence-corrected chi connectivity index (χ0v) is 17.5. The fourth-order valence-corrected chi connectivity index (χ4v) is 3.84. The second-order valence-corrected chi connectivity index (χ2v) is 7.61. The van der Waals surface area contributed by atoms with Crippen LogP contribution in [-0.2, 0) is 13.8 Å². The van der Waals surface area contributed by atoms with Crippen LogP contribution in [0.25, 0.3) is 0 Å². The maximum atomic E-state index is 10.2. The van der Waals surface area contributed by atoms with E-state index in [1.54, 1.807) is 0 Å². The summed E-state index contributed by atoms with van der Waals surface area (Å²) in [7, 11) is -0.288. The van der Waals surface area contributed by atoms with E-state index in [1.807, 2.05) is 12.1 Å². The third-order valence-electron chi connectivity index (χ3n) is 5.00. The molecule has 1 aliphatic rings. The molecule has 1 saturated heterocycles. The second kappa shape index (κ2) is 11.6. The minimum absolute atomic E-state index is 0.236. The topological polar surface area (TPSA) is 42.0 Å². The molecule has 2 aromatic carbocycles. The number of piperazine rings is 1. The summed E-state index contributed by atoms with van der Waals surface area (Å²) in [5, 5.41) is 0.764. The van der Waals surface area contributed by atoms with Crippen molar-refractivity contribution in [1.29, 1.82) is 0 Å². The van der Waals surface area contributed by atoms with Crippen molar-refractivity contribution in [2.75, 3.05) is 52.5 Å². The molecular weight excluding hydrogens is 395 g/mol. The summed E-state index contributed by atoms with van der Waals surface area (Å²) < 4.78 is 20.4. The lowest BCUT2D eigenvalue weighted by Crippen LogP contribution is -2.48. The summed E-state index contributed by atoms with van der Waals surface area (Å²) in [6.45, 7) is 6.42. The van der Waals surface area contributed by atoms with Gasteiger partial charge >= 0.3 is 8.69 Å². The van der Waals surface area contributed by atoms with Crippen molar-refractivity contribution in [3.05, 3.63) is 70.7 Å². The van der Waals surface area contributed by atoms with Gasteiger partial charge in [-0.2, -0.15) is 0 Å². The van der Waals surface area contributed by atoms with E-state index in [1.165, 1.54) is 11.1 Å². The van der Waals surface area contributed by atoms with Crippen molar-refractivity contribution in [1.82, 2.24) is 9.80 Å². The molecule has 1 heterocycles. The van der Waals surface area contributed by atoms with Gasteiger partial charge in [0.2, 0.25) is 0 Å². The molecule has 5 nitrogen and oxygen atoms in total. The first-order chi connectivity index (χ1) is 13.8. The van der Waals surface area contributed by atoms with E-state index in [-0.39, 0.29) is 14.7 Å². The lowest BCUT2D eigenvalue weighted by Gasteiger charge is -2.39. The Labute approximate surface area is 173 Å². The number of benzene rings is 2. The molecule has 0 spiro atoms. The van der Waals surface area contributed by atoms with E-state index in [0.29, 0.717) is 19.8 Å². The molecule has 1 aliphatic heterocycles. The Morgan fingerprint density at radius 2 is 1.57 bits per heavy atom. The van der Waals surface area contributed by atoms with Gasteiger partial charge in [-0.25, -0.2) is 4.57 Å². The van der Waals surface area contributed by atoms with Crippen molar-refractivity contribution in [3.8, 4) is 0 Å². The van der Waals surface area contributed by atoms with Crippen LogP contribution in [0, 0.1) is 0 Å². The third kappa shape index (κ3) is 6.35. The number of hydrogen-bond donors (Lipinski definition) is 0. The summed E-state index contributed by atoms with van der Waals surface area (Å²) in [4.78, 5) is 4.96. The Morgan fingerprint density at radius 3 is 2.25 bits per heavy atom. The summed E-state index contributed by atoms with van der Waals surface area (Å²) in [5.41, 5.74) is 2.57. The van der Waals surface area contributed by atoms with Crippen molar-refractivity contribution in [2.24, 2.45) is 0 Å². The SMILES string of the molecule is O=POCCOCCN1CCN(C(c2ccccc2)c2ccc(Cl)cc2)CC1. The first-order valence-corrected chi connectivity index (χ1v) is 10.7. The van der Waals surface area contributed by atoms with Gasteiger partial charge < -0.3 is 4.74 Å².